The first kappa shape index (κ1) is 22.2. The number of rotatable bonds is 8. The zero-order chi connectivity index (χ0) is 22.2. The topological polar surface area (TPSA) is 46.6 Å². The summed E-state index contributed by atoms with van der Waals surface area (Å²) in [6.07, 6.45) is 2.21. The Morgan fingerprint density at radius 3 is 2.00 bits per heavy atom. The smallest absolute Gasteiger partial charge is 0.337 e. The minimum Gasteiger partial charge on any atom is -0.465 e. The Morgan fingerprint density at radius 1 is 0.871 bits per heavy atom. The van der Waals surface area contributed by atoms with E-state index in [4.69, 9.17) is 4.74 Å². The molecule has 0 heterocycles. The molecule has 0 saturated carbocycles. The van der Waals surface area contributed by atoms with Crippen molar-refractivity contribution in [2.24, 2.45) is 0 Å². The SMILES string of the molecule is CCCCC(=O)N(Cc1ccc(-c2ccc(C(=O)OC)cc2)cc1)c1ccc(F)cc1. The van der Waals surface area contributed by atoms with Gasteiger partial charge in [-0.3, -0.25) is 4.79 Å². The number of hydrogen-bond donors (Lipinski definition) is 0. The third-order valence-corrected chi connectivity index (χ3v) is 5.12. The van der Waals surface area contributed by atoms with Gasteiger partial charge in [0.2, 0.25) is 5.91 Å². The van der Waals surface area contributed by atoms with Gasteiger partial charge in [-0.2, -0.15) is 0 Å². The zero-order valence-corrected chi connectivity index (χ0v) is 17.8. The lowest BCUT2D eigenvalue weighted by atomic mass is 10.0. The Morgan fingerprint density at radius 2 is 1.45 bits per heavy atom. The van der Waals surface area contributed by atoms with E-state index in [2.05, 4.69) is 0 Å². The Bertz CT molecular complexity index is 1010. The fraction of sp³-hybridized carbons (Fsp3) is 0.231. The molecule has 0 saturated heterocycles. The molecule has 0 spiro atoms. The number of nitrogens with zero attached hydrogens (tertiary/aromatic N) is 1. The Hall–Kier alpha value is -3.47. The number of anilines is 1. The zero-order valence-electron chi connectivity index (χ0n) is 17.8. The highest BCUT2D eigenvalue weighted by Gasteiger charge is 2.16. The Kier molecular flexibility index (Phi) is 7.55. The largest absolute Gasteiger partial charge is 0.465 e. The van der Waals surface area contributed by atoms with Gasteiger partial charge in [-0.15, -0.1) is 0 Å². The molecule has 160 valence electrons. The van der Waals surface area contributed by atoms with Crippen LogP contribution in [-0.2, 0) is 16.1 Å². The van der Waals surface area contributed by atoms with E-state index in [0.717, 1.165) is 29.5 Å². The van der Waals surface area contributed by atoms with Crippen LogP contribution in [0.15, 0.2) is 72.8 Å². The molecule has 0 atom stereocenters. The Balaban J connectivity index is 1.78. The standard InChI is InChI=1S/C26H26FNO3/c1-3-4-5-25(29)28(24-16-14-23(27)15-17-24)18-19-6-8-20(9-7-19)21-10-12-22(13-11-21)26(30)31-2/h6-17H,3-5,18H2,1-2H3. The maximum atomic E-state index is 13.3. The number of hydrogen-bond acceptors (Lipinski definition) is 3. The highest BCUT2D eigenvalue weighted by atomic mass is 19.1. The lowest BCUT2D eigenvalue weighted by molar-refractivity contribution is -0.118. The van der Waals surface area contributed by atoms with Crippen molar-refractivity contribution in [3.05, 3.63) is 89.7 Å². The summed E-state index contributed by atoms with van der Waals surface area (Å²) in [5.41, 5.74) is 4.15. The maximum Gasteiger partial charge on any atom is 0.337 e. The van der Waals surface area contributed by atoms with Crippen LogP contribution in [0.1, 0.15) is 42.1 Å². The first-order valence-electron chi connectivity index (χ1n) is 10.4. The molecule has 0 aliphatic carbocycles. The van der Waals surface area contributed by atoms with E-state index in [1.54, 1.807) is 29.2 Å². The second kappa shape index (κ2) is 10.5. The van der Waals surface area contributed by atoms with E-state index in [-0.39, 0.29) is 17.7 Å². The third kappa shape index (κ3) is 5.79. The molecule has 0 bridgehead atoms. The van der Waals surface area contributed by atoms with Gasteiger partial charge < -0.3 is 9.64 Å². The molecule has 0 fully saturated rings. The molecule has 1 amide bonds. The van der Waals surface area contributed by atoms with Gasteiger partial charge in [0.15, 0.2) is 0 Å². The normalized spacial score (nSPS) is 10.5. The van der Waals surface area contributed by atoms with Gasteiger partial charge >= 0.3 is 5.97 Å². The molecular formula is C26H26FNO3. The summed E-state index contributed by atoms with van der Waals surface area (Å²) in [7, 11) is 1.36. The molecule has 0 aromatic heterocycles. The summed E-state index contributed by atoms with van der Waals surface area (Å²) >= 11 is 0. The van der Waals surface area contributed by atoms with Crippen LogP contribution in [0, 0.1) is 5.82 Å². The molecule has 0 unspecified atom stereocenters. The highest BCUT2D eigenvalue weighted by Crippen LogP contribution is 2.24. The average molecular weight is 419 g/mol. The maximum absolute atomic E-state index is 13.3. The highest BCUT2D eigenvalue weighted by molar-refractivity contribution is 5.93. The number of methoxy groups -OCH3 is 1. The first-order valence-corrected chi connectivity index (χ1v) is 10.4. The molecule has 3 aromatic rings. The summed E-state index contributed by atoms with van der Waals surface area (Å²) in [5, 5.41) is 0. The van der Waals surface area contributed by atoms with Gasteiger partial charge in [0.05, 0.1) is 19.2 Å². The van der Waals surface area contributed by atoms with Crippen LogP contribution in [0.4, 0.5) is 10.1 Å². The van der Waals surface area contributed by atoms with Gasteiger partial charge in [0.25, 0.3) is 0 Å². The summed E-state index contributed by atoms with van der Waals surface area (Å²) in [5.74, 6) is -0.668. The van der Waals surface area contributed by atoms with Crippen molar-refractivity contribution in [2.75, 3.05) is 12.0 Å². The summed E-state index contributed by atoms with van der Waals surface area (Å²) in [6, 6.07) is 21.2. The molecule has 31 heavy (non-hydrogen) atoms. The minimum absolute atomic E-state index is 0.0240. The number of carbonyl (C=O) groups is 2. The van der Waals surface area contributed by atoms with Gasteiger partial charge in [-0.25, -0.2) is 9.18 Å². The van der Waals surface area contributed by atoms with Crippen molar-refractivity contribution in [3.63, 3.8) is 0 Å². The van der Waals surface area contributed by atoms with Crippen LogP contribution in [0.25, 0.3) is 11.1 Å². The Labute approximate surface area is 182 Å². The van der Waals surface area contributed by atoms with Crippen molar-refractivity contribution in [1.82, 2.24) is 0 Å². The molecule has 0 aliphatic rings. The monoisotopic (exact) mass is 419 g/mol. The number of benzene rings is 3. The number of amides is 1. The average Bonchev–Trinajstić information content (AvgIpc) is 2.81. The van der Waals surface area contributed by atoms with E-state index in [0.29, 0.717) is 24.2 Å². The van der Waals surface area contributed by atoms with Crippen molar-refractivity contribution in [2.45, 2.75) is 32.7 Å². The number of esters is 1. The molecule has 3 aromatic carbocycles. The lowest BCUT2D eigenvalue weighted by Crippen LogP contribution is -2.30. The van der Waals surface area contributed by atoms with Crippen LogP contribution in [0.2, 0.25) is 0 Å². The lowest BCUT2D eigenvalue weighted by Gasteiger charge is -2.23. The van der Waals surface area contributed by atoms with Crippen molar-refractivity contribution < 1.29 is 18.7 Å². The molecule has 0 aliphatic heterocycles. The molecular weight excluding hydrogens is 393 g/mol. The minimum atomic E-state index is -0.365. The van der Waals surface area contributed by atoms with E-state index >= 15 is 0 Å². The molecule has 4 nitrogen and oxygen atoms in total. The number of halogens is 1. The van der Waals surface area contributed by atoms with E-state index in [9.17, 15) is 14.0 Å². The predicted molar refractivity (Wildman–Crippen MR) is 120 cm³/mol. The van der Waals surface area contributed by atoms with Crippen molar-refractivity contribution >= 4 is 17.6 Å². The fourth-order valence-electron chi connectivity index (χ4n) is 3.31. The van der Waals surface area contributed by atoms with Crippen molar-refractivity contribution in [1.29, 1.82) is 0 Å². The third-order valence-electron chi connectivity index (χ3n) is 5.12. The van der Waals surface area contributed by atoms with Gasteiger partial charge in [-0.05, 0) is 59.5 Å². The quantitative estimate of drug-likeness (QED) is 0.421. The van der Waals surface area contributed by atoms with Crippen LogP contribution in [0.3, 0.4) is 0 Å². The number of carbonyl (C=O) groups excluding carboxylic acids is 2. The van der Waals surface area contributed by atoms with Crippen molar-refractivity contribution in [3.8, 4) is 11.1 Å². The second-order valence-electron chi connectivity index (χ2n) is 7.33. The molecule has 0 radical (unpaired) electrons. The van der Waals surface area contributed by atoms with E-state index in [1.165, 1.54) is 19.2 Å². The fourth-order valence-corrected chi connectivity index (χ4v) is 3.31. The van der Waals surface area contributed by atoms with E-state index < -0.39 is 0 Å². The second-order valence-corrected chi connectivity index (χ2v) is 7.33. The predicted octanol–water partition coefficient (Wildman–Crippen LogP) is 6.00. The molecule has 5 heteroatoms. The van der Waals surface area contributed by atoms with Crippen LogP contribution in [-0.4, -0.2) is 19.0 Å². The summed E-state index contributed by atoms with van der Waals surface area (Å²) in [4.78, 5) is 26.1. The van der Waals surface area contributed by atoms with Crippen LogP contribution in [0.5, 0.6) is 0 Å². The van der Waals surface area contributed by atoms with Gasteiger partial charge in [0, 0.05) is 12.1 Å². The molecule has 3 rings (SSSR count). The summed E-state index contributed by atoms with van der Waals surface area (Å²) in [6.45, 7) is 2.46. The molecule has 0 N–H and O–H groups in total. The van der Waals surface area contributed by atoms with E-state index in [1.807, 2.05) is 43.3 Å². The van der Waals surface area contributed by atoms with Gasteiger partial charge in [0.1, 0.15) is 5.82 Å². The first-order chi connectivity index (χ1) is 15.0. The van der Waals surface area contributed by atoms with Gasteiger partial charge in [-0.1, -0.05) is 49.7 Å². The summed E-state index contributed by atoms with van der Waals surface area (Å²) < 4.78 is 18.1. The van der Waals surface area contributed by atoms with Crippen LogP contribution < -0.4 is 4.90 Å². The number of unbranched alkanes of at least 4 members (excludes halogenated alkanes) is 1. The van der Waals surface area contributed by atoms with Crippen LogP contribution >= 0.6 is 0 Å². The number of ether oxygens (including phenoxy) is 1.